The minimum absolute atomic E-state index is 0. The van der Waals surface area contributed by atoms with Crippen molar-refractivity contribution in [1.82, 2.24) is 15.0 Å². The van der Waals surface area contributed by atoms with E-state index in [9.17, 15) is 4.79 Å². The van der Waals surface area contributed by atoms with Gasteiger partial charge in [-0.3, -0.25) is 14.6 Å². The third kappa shape index (κ3) is 5.42. The molecule has 2 aromatic heterocycles. The molecule has 5 rings (SSSR count). The maximum Gasteiger partial charge on any atom is 0.282 e. The summed E-state index contributed by atoms with van der Waals surface area (Å²) in [6.45, 7) is 4.86. The largest absolute Gasteiger partial charge is 0.379 e. The molecule has 7 nitrogen and oxygen atoms in total. The van der Waals surface area contributed by atoms with E-state index in [0.29, 0.717) is 17.4 Å². The molecule has 172 valence electrons. The van der Waals surface area contributed by atoms with Gasteiger partial charge in [0.05, 0.1) is 23.4 Å². The van der Waals surface area contributed by atoms with Crippen molar-refractivity contribution in [2.24, 2.45) is 0 Å². The number of halogens is 1. The van der Waals surface area contributed by atoms with Gasteiger partial charge < -0.3 is 9.26 Å². The summed E-state index contributed by atoms with van der Waals surface area (Å²) in [6, 6.07) is 19.3. The Morgan fingerprint density at radius 3 is 2.61 bits per heavy atom. The van der Waals surface area contributed by atoms with Gasteiger partial charge in [0.15, 0.2) is 16.6 Å². The van der Waals surface area contributed by atoms with Crippen LogP contribution in [-0.4, -0.2) is 60.3 Å². The number of rotatable bonds is 7. The first-order valence-electron chi connectivity index (χ1n) is 10.8. The van der Waals surface area contributed by atoms with Crippen molar-refractivity contribution >= 4 is 45.0 Å². The zero-order valence-corrected chi connectivity index (χ0v) is 19.7. The van der Waals surface area contributed by atoms with Crippen LogP contribution in [0.25, 0.3) is 21.5 Å². The molecule has 1 saturated heterocycles. The number of carbonyl (C=O) groups is 1. The molecule has 1 fully saturated rings. The van der Waals surface area contributed by atoms with E-state index in [0.717, 1.165) is 55.0 Å². The van der Waals surface area contributed by atoms with Crippen molar-refractivity contribution in [3.63, 3.8) is 0 Å². The minimum atomic E-state index is -0.197. The number of benzene rings is 2. The van der Waals surface area contributed by atoms with Gasteiger partial charge in [-0.05, 0) is 18.6 Å². The standard InChI is InChI=1S/C24H24N4O3S.ClH/c29-23(20-17-21(31-26-20)18-7-2-1-3-8-18)28(12-6-11-27-13-15-30-16-14-27)24-25-19-9-4-5-10-22(19)32-24;/h1-5,7-10,17H,6,11-16H2;1H. The fraction of sp³-hybridized carbons (Fsp3) is 0.292. The predicted molar refractivity (Wildman–Crippen MR) is 132 cm³/mol. The van der Waals surface area contributed by atoms with Gasteiger partial charge >= 0.3 is 0 Å². The van der Waals surface area contributed by atoms with Crippen LogP contribution >= 0.6 is 23.7 Å². The Bertz CT molecular complexity index is 1160. The maximum absolute atomic E-state index is 13.5. The highest BCUT2D eigenvalue weighted by Gasteiger charge is 2.25. The molecule has 0 radical (unpaired) electrons. The fourth-order valence-electron chi connectivity index (χ4n) is 3.79. The van der Waals surface area contributed by atoms with Crippen LogP contribution < -0.4 is 4.90 Å². The lowest BCUT2D eigenvalue weighted by Gasteiger charge is -2.27. The SMILES string of the molecule is Cl.O=C(c1cc(-c2ccccc2)on1)N(CCCN1CCOCC1)c1nc2ccccc2s1. The Morgan fingerprint density at radius 2 is 1.82 bits per heavy atom. The number of ether oxygens (including phenoxy) is 1. The van der Waals surface area contributed by atoms with E-state index in [4.69, 9.17) is 14.2 Å². The van der Waals surface area contributed by atoms with Crippen molar-refractivity contribution in [2.75, 3.05) is 44.3 Å². The molecule has 0 aliphatic carbocycles. The zero-order valence-electron chi connectivity index (χ0n) is 18.1. The number of fused-ring (bicyclic) bond motifs is 1. The number of aromatic nitrogens is 2. The van der Waals surface area contributed by atoms with E-state index in [1.54, 1.807) is 11.0 Å². The van der Waals surface area contributed by atoms with Gasteiger partial charge in [0.2, 0.25) is 0 Å². The summed E-state index contributed by atoms with van der Waals surface area (Å²) in [5.41, 5.74) is 2.07. The summed E-state index contributed by atoms with van der Waals surface area (Å²) in [5.74, 6) is 0.378. The van der Waals surface area contributed by atoms with E-state index >= 15 is 0 Å². The summed E-state index contributed by atoms with van der Waals surface area (Å²) >= 11 is 1.52. The minimum Gasteiger partial charge on any atom is -0.379 e. The topological polar surface area (TPSA) is 71.7 Å². The molecule has 0 unspecified atom stereocenters. The second-order valence-corrected chi connectivity index (χ2v) is 8.68. The highest BCUT2D eigenvalue weighted by atomic mass is 35.5. The van der Waals surface area contributed by atoms with Gasteiger partial charge in [-0.15, -0.1) is 12.4 Å². The average Bonchev–Trinajstić information content (AvgIpc) is 3.50. The quantitative estimate of drug-likeness (QED) is 0.377. The van der Waals surface area contributed by atoms with Gasteiger partial charge in [-0.2, -0.15) is 0 Å². The molecule has 3 heterocycles. The summed E-state index contributed by atoms with van der Waals surface area (Å²) < 4.78 is 12.0. The highest BCUT2D eigenvalue weighted by molar-refractivity contribution is 7.22. The van der Waals surface area contributed by atoms with E-state index < -0.39 is 0 Å². The van der Waals surface area contributed by atoms with Crippen LogP contribution in [0.15, 0.2) is 65.2 Å². The van der Waals surface area contributed by atoms with Crippen LogP contribution in [0.2, 0.25) is 0 Å². The number of thiazole rings is 1. The monoisotopic (exact) mass is 484 g/mol. The number of para-hydroxylation sites is 1. The number of amides is 1. The first-order valence-corrected chi connectivity index (χ1v) is 11.6. The average molecular weight is 485 g/mol. The molecule has 1 aliphatic heterocycles. The molecule has 2 aromatic carbocycles. The van der Waals surface area contributed by atoms with Crippen LogP contribution in [0.4, 0.5) is 5.13 Å². The molecule has 1 amide bonds. The van der Waals surface area contributed by atoms with Crippen LogP contribution in [0.5, 0.6) is 0 Å². The summed E-state index contributed by atoms with van der Waals surface area (Å²) in [5, 5.41) is 4.76. The van der Waals surface area contributed by atoms with E-state index in [1.807, 2.05) is 54.6 Å². The summed E-state index contributed by atoms with van der Waals surface area (Å²) in [6.07, 6.45) is 0.838. The van der Waals surface area contributed by atoms with Crippen LogP contribution in [0.3, 0.4) is 0 Å². The Labute approximate surface area is 202 Å². The van der Waals surface area contributed by atoms with Crippen LogP contribution in [-0.2, 0) is 4.74 Å². The summed E-state index contributed by atoms with van der Waals surface area (Å²) in [4.78, 5) is 22.3. The van der Waals surface area contributed by atoms with Gasteiger partial charge in [-0.1, -0.05) is 59.0 Å². The first kappa shape index (κ1) is 23.4. The normalized spacial score (nSPS) is 14.2. The molecule has 33 heavy (non-hydrogen) atoms. The van der Waals surface area contributed by atoms with Crippen molar-refractivity contribution in [1.29, 1.82) is 0 Å². The van der Waals surface area contributed by atoms with Crippen molar-refractivity contribution < 1.29 is 14.1 Å². The van der Waals surface area contributed by atoms with Crippen molar-refractivity contribution in [2.45, 2.75) is 6.42 Å². The van der Waals surface area contributed by atoms with Crippen molar-refractivity contribution in [3.8, 4) is 11.3 Å². The Hall–Kier alpha value is -2.78. The van der Waals surface area contributed by atoms with Gasteiger partial charge in [0, 0.05) is 37.8 Å². The second-order valence-electron chi connectivity index (χ2n) is 7.67. The maximum atomic E-state index is 13.5. The lowest BCUT2D eigenvalue weighted by atomic mass is 10.1. The third-order valence-corrected chi connectivity index (χ3v) is 6.57. The second kappa shape index (κ2) is 10.9. The smallest absolute Gasteiger partial charge is 0.282 e. The molecule has 4 aromatic rings. The van der Waals surface area contributed by atoms with Crippen molar-refractivity contribution in [3.05, 3.63) is 66.4 Å². The predicted octanol–water partition coefficient (Wildman–Crippen LogP) is 4.74. The van der Waals surface area contributed by atoms with Gasteiger partial charge in [0.1, 0.15) is 0 Å². The fourth-order valence-corrected chi connectivity index (χ4v) is 4.78. The first-order chi connectivity index (χ1) is 15.8. The summed E-state index contributed by atoms with van der Waals surface area (Å²) in [7, 11) is 0. The van der Waals surface area contributed by atoms with E-state index in [2.05, 4.69) is 10.1 Å². The van der Waals surface area contributed by atoms with Gasteiger partial charge in [-0.25, -0.2) is 4.98 Å². The van der Waals surface area contributed by atoms with E-state index in [1.165, 1.54) is 11.3 Å². The van der Waals surface area contributed by atoms with Crippen LogP contribution in [0, 0.1) is 0 Å². The highest BCUT2D eigenvalue weighted by Crippen LogP contribution is 2.30. The van der Waals surface area contributed by atoms with E-state index in [-0.39, 0.29) is 24.0 Å². The van der Waals surface area contributed by atoms with Crippen LogP contribution in [0.1, 0.15) is 16.9 Å². The number of hydrogen-bond acceptors (Lipinski definition) is 7. The molecular weight excluding hydrogens is 460 g/mol. The molecule has 0 bridgehead atoms. The Balaban J connectivity index is 0.00000259. The molecule has 0 N–H and O–H groups in total. The molecular formula is C24H25ClN4O3S. The Morgan fingerprint density at radius 1 is 1.06 bits per heavy atom. The number of hydrogen-bond donors (Lipinski definition) is 0. The molecule has 9 heteroatoms. The Kier molecular flexibility index (Phi) is 7.72. The lowest BCUT2D eigenvalue weighted by molar-refractivity contribution is 0.0376. The van der Waals surface area contributed by atoms with Gasteiger partial charge in [0.25, 0.3) is 5.91 Å². The number of morpholine rings is 1. The number of carbonyl (C=O) groups excluding carboxylic acids is 1. The molecule has 0 saturated carbocycles. The zero-order chi connectivity index (χ0) is 21.8. The molecule has 0 spiro atoms. The molecule has 1 aliphatic rings. The molecule has 0 atom stereocenters. The number of nitrogens with zero attached hydrogens (tertiary/aromatic N) is 4. The third-order valence-electron chi connectivity index (χ3n) is 5.51. The lowest BCUT2D eigenvalue weighted by Crippen LogP contribution is -2.39. The number of anilines is 1.